The number of hydrogen-bond acceptors (Lipinski definition) is 4. The van der Waals surface area contributed by atoms with Gasteiger partial charge in [-0.1, -0.05) is 36.4 Å². The summed E-state index contributed by atoms with van der Waals surface area (Å²) >= 11 is 0. The predicted octanol–water partition coefficient (Wildman–Crippen LogP) is 4.70. The molecule has 31 heavy (non-hydrogen) atoms. The molecule has 0 unspecified atom stereocenters. The Morgan fingerprint density at radius 2 is 1.81 bits per heavy atom. The fraction of sp³-hybridized carbons (Fsp3) is 0.200. The topological polar surface area (TPSA) is 87.2 Å². The second-order valence-corrected chi connectivity index (χ2v) is 7.39. The van der Waals surface area contributed by atoms with Gasteiger partial charge in [0.2, 0.25) is 0 Å². The fourth-order valence-corrected chi connectivity index (χ4v) is 3.61. The second kappa shape index (κ2) is 9.34. The van der Waals surface area contributed by atoms with E-state index in [-0.39, 0.29) is 11.7 Å². The lowest BCUT2D eigenvalue weighted by Crippen LogP contribution is -2.24. The number of nitrogens with zero attached hydrogens (tertiary/aromatic N) is 1. The summed E-state index contributed by atoms with van der Waals surface area (Å²) in [7, 11) is 1.66. The van der Waals surface area contributed by atoms with E-state index in [0.29, 0.717) is 12.1 Å². The van der Waals surface area contributed by atoms with Crippen molar-refractivity contribution in [3.63, 3.8) is 0 Å². The molecule has 4 aromatic rings. The van der Waals surface area contributed by atoms with E-state index < -0.39 is 0 Å². The average molecular weight is 415 g/mol. The predicted molar refractivity (Wildman–Crippen MR) is 121 cm³/mol. The first kappa shape index (κ1) is 20.5. The molecule has 158 valence electrons. The van der Waals surface area contributed by atoms with Crippen LogP contribution in [0.5, 0.6) is 11.5 Å². The molecule has 3 aromatic carbocycles. The van der Waals surface area contributed by atoms with Gasteiger partial charge in [0.05, 0.1) is 23.9 Å². The summed E-state index contributed by atoms with van der Waals surface area (Å²) in [6, 6.07) is 20.9. The van der Waals surface area contributed by atoms with Crippen molar-refractivity contribution in [2.45, 2.75) is 19.3 Å². The molecule has 0 bridgehead atoms. The van der Waals surface area contributed by atoms with Crippen molar-refractivity contribution in [1.82, 2.24) is 15.5 Å². The molecular formula is C25H25N3O3. The van der Waals surface area contributed by atoms with Gasteiger partial charge in [0, 0.05) is 11.9 Å². The SMILES string of the molecule is COc1ccc(-c2ccc3c(CCCCNC(=O)c4ccccc4O)n[nH]c3c2)cc1. The smallest absolute Gasteiger partial charge is 0.255 e. The van der Waals surface area contributed by atoms with Crippen LogP contribution in [0.2, 0.25) is 0 Å². The summed E-state index contributed by atoms with van der Waals surface area (Å²) in [5.74, 6) is 0.580. The number of hydrogen-bond donors (Lipinski definition) is 3. The van der Waals surface area contributed by atoms with Gasteiger partial charge < -0.3 is 15.2 Å². The number of benzene rings is 3. The molecule has 3 N–H and O–H groups in total. The highest BCUT2D eigenvalue weighted by Crippen LogP contribution is 2.27. The van der Waals surface area contributed by atoms with Crippen molar-refractivity contribution in [3.8, 4) is 22.6 Å². The molecule has 0 aliphatic rings. The highest BCUT2D eigenvalue weighted by Gasteiger charge is 2.10. The molecule has 0 aliphatic heterocycles. The van der Waals surface area contributed by atoms with Crippen LogP contribution in [0.15, 0.2) is 66.7 Å². The molecule has 1 heterocycles. The number of amides is 1. The number of aromatic hydroxyl groups is 1. The number of ether oxygens (including phenoxy) is 1. The van der Waals surface area contributed by atoms with E-state index in [1.807, 2.05) is 24.3 Å². The fourth-order valence-electron chi connectivity index (χ4n) is 3.61. The van der Waals surface area contributed by atoms with Gasteiger partial charge in [0.1, 0.15) is 11.5 Å². The minimum absolute atomic E-state index is 0.00278. The van der Waals surface area contributed by atoms with Gasteiger partial charge in [-0.2, -0.15) is 5.10 Å². The highest BCUT2D eigenvalue weighted by molar-refractivity contribution is 5.96. The van der Waals surface area contributed by atoms with Crippen molar-refractivity contribution >= 4 is 16.8 Å². The van der Waals surface area contributed by atoms with E-state index in [4.69, 9.17) is 4.74 Å². The first-order valence-electron chi connectivity index (χ1n) is 10.3. The van der Waals surface area contributed by atoms with E-state index >= 15 is 0 Å². The first-order valence-corrected chi connectivity index (χ1v) is 10.3. The number of unbranched alkanes of at least 4 members (excludes halogenated alkanes) is 1. The Hall–Kier alpha value is -3.80. The maximum Gasteiger partial charge on any atom is 0.255 e. The van der Waals surface area contributed by atoms with E-state index in [0.717, 1.165) is 52.7 Å². The number of aromatic nitrogens is 2. The van der Waals surface area contributed by atoms with Gasteiger partial charge in [-0.3, -0.25) is 9.89 Å². The number of carbonyl (C=O) groups is 1. The third kappa shape index (κ3) is 4.69. The normalized spacial score (nSPS) is 10.9. The monoisotopic (exact) mass is 415 g/mol. The van der Waals surface area contributed by atoms with Crippen LogP contribution in [-0.4, -0.2) is 34.9 Å². The number of rotatable bonds is 8. The number of fused-ring (bicyclic) bond motifs is 1. The lowest BCUT2D eigenvalue weighted by Gasteiger charge is -2.06. The minimum atomic E-state index is -0.255. The molecule has 4 rings (SSSR count). The Bertz CT molecular complexity index is 1180. The van der Waals surface area contributed by atoms with Gasteiger partial charge in [0.15, 0.2) is 0 Å². The summed E-state index contributed by atoms with van der Waals surface area (Å²) < 4.78 is 5.22. The zero-order valence-corrected chi connectivity index (χ0v) is 17.4. The summed E-state index contributed by atoms with van der Waals surface area (Å²) in [4.78, 5) is 12.1. The Kier molecular flexibility index (Phi) is 6.17. The zero-order valence-electron chi connectivity index (χ0n) is 17.4. The van der Waals surface area contributed by atoms with E-state index in [1.165, 1.54) is 6.07 Å². The molecule has 6 heteroatoms. The molecule has 0 saturated carbocycles. The summed E-state index contributed by atoms with van der Waals surface area (Å²) in [5, 5.41) is 21.3. The number of para-hydroxylation sites is 1. The molecule has 0 atom stereocenters. The summed E-state index contributed by atoms with van der Waals surface area (Å²) in [5.41, 5.74) is 4.59. The Morgan fingerprint density at radius 1 is 1.03 bits per heavy atom. The van der Waals surface area contributed by atoms with Gasteiger partial charge in [-0.15, -0.1) is 0 Å². The van der Waals surface area contributed by atoms with Gasteiger partial charge in [0.25, 0.3) is 5.91 Å². The van der Waals surface area contributed by atoms with Crippen LogP contribution in [0.25, 0.3) is 22.0 Å². The maximum absolute atomic E-state index is 12.1. The zero-order chi connectivity index (χ0) is 21.6. The van der Waals surface area contributed by atoms with Crippen molar-refractivity contribution in [3.05, 3.63) is 78.0 Å². The number of nitrogens with one attached hydrogen (secondary N) is 2. The minimum Gasteiger partial charge on any atom is -0.507 e. The summed E-state index contributed by atoms with van der Waals surface area (Å²) in [6.07, 6.45) is 2.56. The number of carbonyl (C=O) groups excluding carboxylic acids is 1. The Labute approximate surface area is 180 Å². The first-order chi connectivity index (χ1) is 15.2. The van der Waals surface area contributed by atoms with Crippen molar-refractivity contribution in [2.75, 3.05) is 13.7 Å². The van der Waals surface area contributed by atoms with Crippen LogP contribution in [0.4, 0.5) is 0 Å². The number of H-pyrrole nitrogens is 1. The average Bonchev–Trinajstić information content (AvgIpc) is 3.21. The van der Waals surface area contributed by atoms with Crippen molar-refractivity contribution < 1.29 is 14.6 Å². The van der Waals surface area contributed by atoms with Crippen molar-refractivity contribution in [1.29, 1.82) is 0 Å². The lowest BCUT2D eigenvalue weighted by atomic mass is 10.0. The van der Waals surface area contributed by atoms with Crippen LogP contribution >= 0.6 is 0 Å². The molecule has 0 radical (unpaired) electrons. The van der Waals surface area contributed by atoms with Crippen LogP contribution in [0.3, 0.4) is 0 Å². The van der Waals surface area contributed by atoms with Crippen molar-refractivity contribution in [2.24, 2.45) is 0 Å². The van der Waals surface area contributed by atoms with Crippen LogP contribution < -0.4 is 10.1 Å². The molecule has 0 aliphatic carbocycles. The quantitative estimate of drug-likeness (QED) is 0.364. The van der Waals surface area contributed by atoms with Gasteiger partial charge >= 0.3 is 0 Å². The molecule has 1 aromatic heterocycles. The summed E-state index contributed by atoms with van der Waals surface area (Å²) in [6.45, 7) is 0.553. The van der Waals surface area contributed by atoms with Crippen LogP contribution in [-0.2, 0) is 6.42 Å². The largest absolute Gasteiger partial charge is 0.507 e. The Balaban J connectivity index is 1.32. The molecule has 0 saturated heterocycles. The standard InChI is InChI=1S/C25H25N3O3/c1-31-19-12-9-17(10-13-19)18-11-14-20-22(27-28-23(20)16-18)7-4-5-15-26-25(30)21-6-2-3-8-24(21)29/h2-3,6,8-14,16,29H,4-5,7,15H2,1H3,(H,26,30)(H,27,28). The lowest BCUT2D eigenvalue weighted by molar-refractivity contribution is 0.0950. The van der Waals surface area contributed by atoms with Crippen LogP contribution in [0.1, 0.15) is 28.9 Å². The third-order valence-electron chi connectivity index (χ3n) is 5.34. The number of methoxy groups -OCH3 is 1. The number of aryl methyl sites for hydroxylation is 1. The number of phenolic OH excluding ortho intramolecular Hbond substituents is 1. The molecule has 0 spiro atoms. The van der Waals surface area contributed by atoms with E-state index in [1.54, 1.807) is 25.3 Å². The molecule has 0 fully saturated rings. The molecule has 1 amide bonds. The van der Waals surface area contributed by atoms with E-state index in [9.17, 15) is 9.90 Å². The maximum atomic E-state index is 12.1. The van der Waals surface area contributed by atoms with E-state index in [2.05, 4.69) is 33.7 Å². The third-order valence-corrected chi connectivity index (χ3v) is 5.34. The molecular weight excluding hydrogens is 390 g/mol. The van der Waals surface area contributed by atoms with Gasteiger partial charge in [-0.25, -0.2) is 0 Å². The number of phenols is 1. The molecule has 6 nitrogen and oxygen atoms in total. The Morgan fingerprint density at radius 3 is 2.58 bits per heavy atom. The van der Waals surface area contributed by atoms with Gasteiger partial charge in [-0.05, 0) is 60.7 Å². The highest BCUT2D eigenvalue weighted by atomic mass is 16.5. The number of aromatic amines is 1. The van der Waals surface area contributed by atoms with Crippen LogP contribution in [0, 0.1) is 0 Å². The second-order valence-electron chi connectivity index (χ2n) is 7.39.